The van der Waals surface area contributed by atoms with Crippen molar-refractivity contribution in [1.82, 2.24) is 9.80 Å². The van der Waals surface area contributed by atoms with Crippen LogP contribution in [-0.2, 0) is 14.3 Å². The molecule has 1 unspecified atom stereocenters. The van der Waals surface area contributed by atoms with Gasteiger partial charge in [0.2, 0.25) is 11.8 Å². The molecule has 0 saturated carbocycles. The number of nitrogens with zero attached hydrogens (tertiary/aromatic N) is 2. The normalized spacial score (nSPS) is 30.2. The van der Waals surface area contributed by atoms with Crippen LogP contribution in [-0.4, -0.2) is 60.0 Å². The van der Waals surface area contributed by atoms with Gasteiger partial charge in [-0.05, 0) is 32.1 Å². The summed E-state index contributed by atoms with van der Waals surface area (Å²) in [7, 11) is 0. The first-order chi connectivity index (χ1) is 9.27. The van der Waals surface area contributed by atoms with E-state index < -0.39 is 0 Å². The van der Waals surface area contributed by atoms with Gasteiger partial charge < -0.3 is 14.5 Å². The zero-order valence-corrected chi connectivity index (χ0v) is 11.3. The third-order valence-electron chi connectivity index (χ3n) is 4.59. The molecule has 0 aliphatic carbocycles. The van der Waals surface area contributed by atoms with E-state index in [1.165, 1.54) is 0 Å². The van der Waals surface area contributed by atoms with E-state index in [9.17, 15) is 9.59 Å². The summed E-state index contributed by atoms with van der Waals surface area (Å²) >= 11 is 0. The molecule has 0 bridgehead atoms. The lowest BCUT2D eigenvalue weighted by Crippen LogP contribution is -2.52. The smallest absolute Gasteiger partial charge is 0.245 e. The molecular formula is C14H22N2O3. The molecular weight excluding hydrogens is 244 g/mol. The number of ether oxygens (including phenoxy) is 1. The first kappa shape index (κ1) is 12.9. The van der Waals surface area contributed by atoms with Crippen molar-refractivity contribution in [2.75, 3.05) is 26.3 Å². The van der Waals surface area contributed by atoms with Gasteiger partial charge in [-0.2, -0.15) is 0 Å². The van der Waals surface area contributed by atoms with Gasteiger partial charge in [0.15, 0.2) is 0 Å². The second-order valence-corrected chi connectivity index (χ2v) is 5.72. The van der Waals surface area contributed by atoms with Crippen molar-refractivity contribution in [3.63, 3.8) is 0 Å². The van der Waals surface area contributed by atoms with Gasteiger partial charge in [0.1, 0.15) is 6.04 Å². The molecule has 19 heavy (non-hydrogen) atoms. The van der Waals surface area contributed by atoms with Crippen LogP contribution in [0.15, 0.2) is 0 Å². The summed E-state index contributed by atoms with van der Waals surface area (Å²) < 4.78 is 5.37. The summed E-state index contributed by atoms with van der Waals surface area (Å²) in [5, 5.41) is 0. The Bertz CT molecular complexity index is 366. The maximum Gasteiger partial charge on any atom is 0.245 e. The van der Waals surface area contributed by atoms with E-state index in [-0.39, 0.29) is 23.9 Å². The second-order valence-electron chi connectivity index (χ2n) is 5.72. The minimum absolute atomic E-state index is 0.160. The number of hydrogen-bond donors (Lipinski definition) is 0. The predicted molar refractivity (Wildman–Crippen MR) is 69.5 cm³/mol. The summed E-state index contributed by atoms with van der Waals surface area (Å²) in [6.45, 7) is 2.82. The summed E-state index contributed by atoms with van der Waals surface area (Å²) in [6.07, 6.45) is 5.23. The standard InChI is InChI=1S/C14H22N2O3/c17-13-4-8-15(11-5-9-19-10-6-11)14(18)12-3-1-2-7-16(12)13/h11-12H,1-10H2. The number of fused-ring (bicyclic) bond motifs is 1. The van der Waals surface area contributed by atoms with E-state index in [1.54, 1.807) is 0 Å². The Morgan fingerprint density at radius 2 is 1.74 bits per heavy atom. The number of piperidine rings is 1. The van der Waals surface area contributed by atoms with Gasteiger partial charge in [0, 0.05) is 38.8 Å². The van der Waals surface area contributed by atoms with E-state index in [1.807, 2.05) is 9.80 Å². The van der Waals surface area contributed by atoms with E-state index in [0.29, 0.717) is 13.0 Å². The number of hydrogen-bond acceptors (Lipinski definition) is 3. The molecule has 3 aliphatic rings. The highest BCUT2D eigenvalue weighted by Gasteiger charge is 2.40. The first-order valence-corrected chi connectivity index (χ1v) is 7.45. The van der Waals surface area contributed by atoms with Crippen LogP contribution < -0.4 is 0 Å². The van der Waals surface area contributed by atoms with E-state index in [0.717, 1.165) is 51.9 Å². The lowest BCUT2D eigenvalue weighted by Gasteiger charge is -2.38. The lowest BCUT2D eigenvalue weighted by atomic mass is 10.00. The Kier molecular flexibility index (Phi) is 3.73. The number of carbonyl (C=O) groups excluding carboxylic acids is 2. The van der Waals surface area contributed by atoms with Gasteiger partial charge in [-0.3, -0.25) is 9.59 Å². The first-order valence-electron chi connectivity index (χ1n) is 7.45. The number of amides is 2. The highest BCUT2D eigenvalue weighted by atomic mass is 16.5. The fraction of sp³-hybridized carbons (Fsp3) is 0.857. The van der Waals surface area contributed by atoms with Gasteiger partial charge in [-0.1, -0.05) is 0 Å². The minimum Gasteiger partial charge on any atom is -0.381 e. The largest absolute Gasteiger partial charge is 0.381 e. The second kappa shape index (κ2) is 5.49. The molecule has 3 saturated heterocycles. The monoisotopic (exact) mass is 266 g/mol. The fourth-order valence-corrected chi connectivity index (χ4v) is 3.51. The van der Waals surface area contributed by atoms with Crippen LogP contribution in [0.5, 0.6) is 0 Å². The SMILES string of the molecule is O=C1C2CCCCN2C(=O)CCN1C1CCOCC1. The topological polar surface area (TPSA) is 49.9 Å². The molecule has 0 spiro atoms. The lowest BCUT2D eigenvalue weighted by molar-refractivity contribution is -0.145. The summed E-state index contributed by atoms with van der Waals surface area (Å²) in [5.74, 6) is 0.338. The van der Waals surface area contributed by atoms with Crippen molar-refractivity contribution >= 4 is 11.8 Å². The molecule has 0 aromatic heterocycles. The van der Waals surface area contributed by atoms with Crippen molar-refractivity contribution in [2.24, 2.45) is 0 Å². The van der Waals surface area contributed by atoms with Crippen molar-refractivity contribution < 1.29 is 14.3 Å². The van der Waals surface area contributed by atoms with Crippen LogP contribution in [0, 0.1) is 0 Å². The van der Waals surface area contributed by atoms with Crippen LogP contribution in [0.3, 0.4) is 0 Å². The molecule has 0 aromatic carbocycles. The zero-order valence-electron chi connectivity index (χ0n) is 11.3. The van der Waals surface area contributed by atoms with Crippen molar-refractivity contribution in [3.8, 4) is 0 Å². The van der Waals surface area contributed by atoms with Crippen LogP contribution in [0.25, 0.3) is 0 Å². The molecule has 0 aromatic rings. The Hall–Kier alpha value is -1.10. The van der Waals surface area contributed by atoms with Gasteiger partial charge in [-0.15, -0.1) is 0 Å². The van der Waals surface area contributed by atoms with E-state index in [2.05, 4.69) is 0 Å². The van der Waals surface area contributed by atoms with Crippen molar-refractivity contribution in [3.05, 3.63) is 0 Å². The average Bonchev–Trinajstić information content (AvgIpc) is 2.59. The maximum absolute atomic E-state index is 12.7. The molecule has 5 nitrogen and oxygen atoms in total. The van der Waals surface area contributed by atoms with Gasteiger partial charge >= 0.3 is 0 Å². The number of carbonyl (C=O) groups is 2. The van der Waals surface area contributed by atoms with Crippen LogP contribution in [0.2, 0.25) is 0 Å². The Balaban J connectivity index is 1.78. The third-order valence-corrected chi connectivity index (χ3v) is 4.59. The Morgan fingerprint density at radius 3 is 2.53 bits per heavy atom. The number of rotatable bonds is 1. The highest BCUT2D eigenvalue weighted by Crippen LogP contribution is 2.26. The van der Waals surface area contributed by atoms with Crippen molar-refractivity contribution in [1.29, 1.82) is 0 Å². The molecule has 1 atom stereocenters. The quantitative estimate of drug-likeness (QED) is 0.704. The van der Waals surface area contributed by atoms with Gasteiger partial charge in [0.05, 0.1) is 0 Å². The molecule has 3 aliphatic heterocycles. The maximum atomic E-state index is 12.7. The van der Waals surface area contributed by atoms with Crippen LogP contribution >= 0.6 is 0 Å². The van der Waals surface area contributed by atoms with Crippen LogP contribution in [0.1, 0.15) is 38.5 Å². The third kappa shape index (κ3) is 2.48. The highest BCUT2D eigenvalue weighted by molar-refractivity contribution is 5.90. The molecule has 3 fully saturated rings. The van der Waals surface area contributed by atoms with E-state index >= 15 is 0 Å². The molecule has 3 rings (SSSR count). The summed E-state index contributed by atoms with van der Waals surface area (Å²) in [6, 6.07) is 0.0857. The fourth-order valence-electron chi connectivity index (χ4n) is 3.51. The molecule has 3 heterocycles. The molecule has 5 heteroatoms. The molecule has 2 amide bonds. The van der Waals surface area contributed by atoms with Gasteiger partial charge in [-0.25, -0.2) is 0 Å². The summed E-state index contributed by atoms with van der Waals surface area (Å²) in [5.41, 5.74) is 0. The average molecular weight is 266 g/mol. The van der Waals surface area contributed by atoms with Gasteiger partial charge in [0.25, 0.3) is 0 Å². The molecule has 0 radical (unpaired) electrons. The van der Waals surface area contributed by atoms with Crippen molar-refractivity contribution in [2.45, 2.75) is 50.6 Å². The van der Waals surface area contributed by atoms with Crippen LogP contribution in [0.4, 0.5) is 0 Å². The Labute approximate surface area is 113 Å². The van der Waals surface area contributed by atoms with E-state index in [4.69, 9.17) is 4.74 Å². The summed E-state index contributed by atoms with van der Waals surface area (Å²) in [4.78, 5) is 28.7. The molecule has 0 N–H and O–H groups in total. The minimum atomic E-state index is -0.188. The predicted octanol–water partition coefficient (Wildman–Crippen LogP) is 0.779. The molecule has 106 valence electrons. The zero-order chi connectivity index (χ0) is 13.2. The Morgan fingerprint density at radius 1 is 0.947 bits per heavy atom.